The van der Waals surface area contributed by atoms with Crippen molar-refractivity contribution in [1.82, 2.24) is 0 Å². The van der Waals surface area contributed by atoms with Crippen molar-refractivity contribution in [3.05, 3.63) is 224 Å². The minimum Gasteiger partial charge on any atom is -0.309 e. The molecule has 1 aromatic heterocycles. The van der Waals surface area contributed by atoms with Gasteiger partial charge < -0.3 is 4.90 Å². The number of anilines is 3. The van der Waals surface area contributed by atoms with Crippen LogP contribution in [0.1, 0.15) is 26.3 Å². The number of fused-ring (bicyclic) bond motifs is 8. The monoisotopic (exact) mass is 835 g/mol. The smallest absolute Gasteiger partial charge is 0.0640 e. The number of nitrogens with zero attached hydrogens (tertiary/aromatic N) is 1. The van der Waals surface area contributed by atoms with E-state index in [2.05, 4.69) is 244 Å². The van der Waals surface area contributed by atoms with E-state index in [-0.39, 0.29) is 5.41 Å². The summed E-state index contributed by atoms with van der Waals surface area (Å²) in [6.07, 6.45) is 0. The van der Waals surface area contributed by atoms with Crippen molar-refractivity contribution in [2.45, 2.75) is 26.2 Å². The zero-order valence-electron chi connectivity index (χ0n) is 36.1. The first-order valence-corrected chi connectivity index (χ1v) is 23.0. The molecule has 11 aromatic carbocycles. The molecule has 0 saturated carbocycles. The first-order valence-electron chi connectivity index (χ1n) is 22.2. The average molecular weight is 836 g/mol. The van der Waals surface area contributed by atoms with E-state index < -0.39 is 0 Å². The van der Waals surface area contributed by atoms with Gasteiger partial charge in [-0.3, -0.25) is 0 Å². The molecule has 304 valence electrons. The number of thiophene rings is 1. The van der Waals surface area contributed by atoms with Crippen LogP contribution in [-0.2, 0) is 5.41 Å². The molecular formula is C62H45NS. The molecule has 0 aliphatic rings. The van der Waals surface area contributed by atoms with E-state index >= 15 is 0 Å². The topological polar surface area (TPSA) is 3.24 Å². The molecule has 64 heavy (non-hydrogen) atoms. The van der Waals surface area contributed by atoms with E-state index in [4.69, 9.17) is 0 Å². The normalized spacial score (nSPS) is 12.0. The van der Waals surface area contributed by atoms with Gasteiger partial charge in [0.15, 0.2) is 0 Å². The Morgan fingerprint density at radius 1 is 0.328 bits per heavy atom. The van der Waals surface area contributed by atoms with Crippen LogP contribution in [-0.4, -0.2) is 0 Å². The maximum absolute atomic E-state index is 2.46. The molecule has 0 N–H and O–H groups in total. The van der Waals surface area contributed by atoms with Crippen molar-refractivity contribution in [1.29, 1.82) is 0 Å². The van der Waals surface area contributed by atoms with Crippen molar-refractivity contribution >= 4 is 91.7 Å². The lowest BCUT2D eigenvalue weighted by atomic mass is 9.84. The minimum absolute atomic E-state index is 0.0142. The van der Waals surface area contributed by atoms with Gasteiger partial charge in [0, 0.05) is 26.8 Å². The lowest BCUT2D eigenvalue weighted by molar-refractivity contribution is 0.597. The van der Waals surface area contributed by atoms with Crippen LogP contribution < -0.4 is 4.90 Å². The van der Waals surface area contributed by atoms with Crippen LogP contribution >= 0.6 is 11.3 Å². The minimum atomic E-state index is -0.0142. The van der Waals surface area contributed by atoms with Gasteiger partial charge in [0.25, 0.3) is 0 Å². The van der Waals surface area contributed by atoms with E-state index in [1.165, 1.54) is 108 Å². The summed E-state index contributed by atoms with van der Waals surface area (Å²) in [6, 6.07) is 80.8. The highest BCUT2D eigenvalue weighted by molar-refractivity contribution is 7.26. The number of benzene rings is 11. The van der Waals surface area contributed by atoms with Gasteiger partial charge in [-0.1, -0.05) is 178 Å². The van der Waals surface area contributed by atoms with E-state index in [0.717, 1.165) is 11.4 Å². The molecule has 1 heterocycles. The van der Waals surface area contributed by atoms with Gasteiger partial charge in [-0.05, 0) is 148 Å². The summed E-state index contributed by atoms with van der Waals surface area (Å²) < 4.78 is 2.66. The van der Waals surface area contributed by atoms with Gasteiger partial charge >= 0.3 is 0 Å². The zero-order chi connectivity index (χ0) is 42.9. The lowest BCUT2D eigenvalue weighted by Crippen LogP contribution is -2.11. The molecule has 0 aliphatic heterocycles. The molecule has 1 nitrogen and oxygen atoms in total. The summed E-state index contributed by atoms with van der Waals surface area (Å²) in [5, 5.41) is 12.8. The van der Waals surface area contributed by atoms with Crippen LogP contribution in [0.3, 0.4) is 0 Å². The number of hydrogen-bond acceptors (Lipinski definition) is 2. The van der Waals surface area contributed by atoms with Crippen LogP contribution in [0.5, 0.6) is 0 Å². The predicted octanol–water partition coefficient (Wildman–Crippen LogP) is 18.4. The first-order chi connectivity index (χ1) is 31.3. The SMILES string of the molecule is CC(C)(C)c1cc2ccccc2c2c1sc1c(N(c3ccc(-c4ccc5ccccc5c4)cc3)c3ccc(-c4ccc5cc(-c6ccc7ccccc7c6)ccc5c4)cc3)cccc12. The lowest BCUT2D eigenvalue weighted by Gasteiger charge is -2.26. The predicted molar refractivity (Wildman–Crippen MR) is 279 cm³/mol. The standard InChI is InChI=1S/C62H45NS/c1-62(2,3)57-39-52-15-8-9-16-55(52)59-56-17-10-18-58(60(56)64-61(57)59)63(53-31-27-42(28-32-53)46-21-19-40-11-4-6-13-44(40)35-46)54-33-29-43(30-34-54)47-23-24-50-38-51(26-25-49(50)37-47)48-22-20-41-12-5-7-14-45(41)36-48/h4-39H,1-3H3. The summed E-state index contributed by atoms with van der Waals surface area (Å²) in [5.41, 5.74) is 12.1. The quantitative estimate of drug-likeness (QED) is 0.161. The summed E-state index contributed by atoms with van der Waals surface area (Å²) in [7, 11) is 0. The van der Waals surface area contributed by atoms with Crippen molar-refractivity contribution in [2.24, 2.45) is 0 Å². The largest absolute Gasteiger partial charge is 0.309 e. The second-order valence-electron chi connectivity index (χ2n) is 18.2. The van der Waals surface area contributed by atoms with Crippen LogP contribution in [0.2, 0.25) is 0 Å². The van der Waals surface area contributed by atoms with E-state index in [0.29, 0.717) is 0 Å². The molecule has 0 unspecified atom stereocenters. The van der Waals surface area contributed by atoms with Crippen molar-refractivity contribution in [3.8, 4) is 33.4 Å². The molecule has 0 spiro atoms. The van der Waals surface area contributed by atoms with E-state index in [1.807, 2.05) is 11.3 Å². The van der Waals surface area contributed by atoms with Crippen LogP contribution in [0.4, 0.5) is 17.1 Å². The summed E-state index contributed by atoms with van der Waals surface area (Å²) in [5.74, 6) is 0. The zero-order valence-corrected chi connectivity index (χ0v) is 37.0. The van der Waals surface area contributed by atoms with Crippen molar-refractivity contribution < 1.29 is 0 Å². The molecule has 0 fully saturated rings. The molecule has 12 rings (SSSR count). The van der Waals surface area contributed by atoms with E-state index in [9.17, 15) is 0 Å². The summed E-state index contributed by atoms with van der Waals surface area (Å²) in [6.45, 7) is 7.02. The van der Waals surface area contributed by atoms with Gasteiger partial charge in [-0.15, -0.1) is 11.3 Å². The van der Waals surface area contributed by atoms with E-state index in [1.54, 1.807) is 0 Å². The third kappa shape index (κ3) is 6.61. The Morgan fingerprint density at radius 2 is 0.734 bits per heavy atom. The highest BCUT2D eigenvalue weighted by Gasteiger charge is 2.24. The maximum atomic E-state index is 2.46. The molecule has 0 saturated heterocycles. The second kappa shape index (κ2) is 15.1. The number of rotatable bonds is 6. The Kier molecular flexibility index (Phi) is 9.00. The van der Waals surface area contributed by atoms with Gasteiger partial charge in [-0.25, -0.2) is 0 Å². The fraction of sp³-hybridized carbons (Fsp3) is 0.0645. The molecule has 0 aliphatic carbocycles. The average Bonchev–Trinajstić information content (AvgIpc) is 3.74. The summed E-state index contributed by atoms with van der Waals surface area (Å²) >= 11 is 1.93. The van der Waals surface area contributed by atoms with Gasteiger partial charge in [0.05, 0.1) is 10.4 Å². The van der Waals surface area contributed by atoms with Crippen molar-refractivity contribution in [2.75, 3.05) is 4.90 Å². The Balaban J connectivity index is 0.964. The second-order valence-corrected chi connectivity index (χ2v) is 19.2. The maximum Gasteiger partial charge on any atom is 0.0640 e. The Labute approximate surface area is 378 Å². The Hall–Kier alpha value is -7.52. The molecule has 2 heteroatoms. The van der Waals surface area contributed by atoms with Crippen LogP contribution in [0.15, 0.2) is 218 Å². The van der Waals surface area contributed by atoms with Crippen LogP contribution in [0, 0.1) is 0 Å². The number of hydrogen-bond donors (Lipinski definition) is 0. The highest BCUT2D eigenvalue weighted by Crippen LogP contribution is 2.49. The van der Waals surface area contributed by atoms with Gasteiger partial charge in [-0.2, -0.15) is 0 Å². The van der Waals surface area contributed by atoms with Gasteiger partial charge in [0.1, 0.15) is 0 Å². The molecule has 0 atom stereocenters. The first kappa shape index (κ1) is 38.2. The van der Waals surface area contributed by atoms with Crippen molar-refractivity contribution in [3.63, 3.8) is 0 Å². The molecular weight excluding hydrogens is 791 g/mol. The van der Waals surface area contributed by atoms with Gasteiger partial charge in [0.2, 0.25) is 0 Å². The third-order valence-electron chi connectivity index (χ3n) is 13.1. The summed E-state index contributed by atoms with van der Waals surface area (Å²) in [4.78, 5) is 2.46. The third-order valence-corrected chi connectivity index (χ3v) is 14.4. The van der Waals surface area contributed by atoms with Crippen LogP contribution in [0.25, 0.3) is 96.6 Å². The highest BCUT2D eigenvalue weighted by atomic mass is 32.1. The fourth-order valence-electron chi connectivity index (χ4n) is 9.74. The molecule has 0 radical (unpaired) electrons. The Bertz CT molecular complexity index is 3750. The molecule has 0 bridgehead atoms. The Morgan fingerprint density at radius 3 is 1.25 bits per heavy atom. The fourth-order valence-corrected chi connectivity index (χ4v) is 11.3. The molecule has 0 amide bonds. The molecule has 12 aromatic rings.